The first-order valence-corrected chi connectivity index (χ1v) is 7.55. The van der Waals surface area contributed by atoms with Crippen LogP contribution in [0.2, 0.25) is 0 Å². The molecule has 0 saturated heterocycles. The zero-order chi connectivity index (χ0) is 16.5. The van der Waals surface area contributed by atoms with Crippen LogP contribution in [0, 0.1) is 5.82 Å². The molecule has 1 N–H and O–H groups in total. The highest BCUT2D eigenvalue weighted by atomic mass is 19.1. The van der Waals surface area contributed by atoms with E-state index in [0.717, 1.165) is 16.3 Å². The molecule has 116 valence electrons. The van der Waals surface area contributed by atoms with Crippen LogP contribution in [0.4, 0.5) is 4.39 Å². The number of H-pyrrole nitrogens is 1. The monoisotopic (exact) mass is 316 g/mol. The van der Waals surface area contributed by atoms with Gasteiger partial charge in [0.05, 0.1) is 10.9 Å². The molecule has 0 fully saturated rings. The Labute approximate surface area is 137 Å². The lowest BCUT2D eigenvalue weighted by molar-refractivity contribution is 0.628. The number of aromatic amines is 1. The standard InChI is InChI=1S/C20H13FN2O/c21-16-8-5-13(6-9-16)7-10-19-22-18-12-15-4-2-1-3-14(15)11-17(18)20(24)23-19/h1-12H,(H,22,23,24)/b10-7+. The minimum atomic E-state index is -0.281. The molecule has 4 rings (SSSR count). The SMILES string of the molecule is O=c1[nH]c(/C=C/c2ccc(F)cc2)nc2cc3ccccc3cc12. The molecule has 0 saturated carbocycles. The van der Waals surface area contributed by atoms with Crippen molar-refractivity contribution < 1.29 is 4.39 Å². The van der Waals surface area contributed by atoms with Crippen molar-refractivity contribution in [3.05, 3.63) is 88.2 Å². The fraction of sp³-hybridized carbons (Fsp3) is 0. The molecular weight excluding hydrogens is 303 g/mol. The quantitative estimate of drug-likeness (QED) is 0.558. The van der Waals surface area contributed by atoms with Gasteiger partial charge in [0.25, 0.3) is 5.56 Å². The smallest absolute Gasteiger partial charge is 0.259 e. The van der Waals surface area contributed by atoms with E-state index in [4.69, 9.17) is 0 Å². The number of hydrogen-bond donors (Lipinski definition) is 1. The first-order valence-electron chi connectivity index (χ1n) is 7.55. The average Bonchev–Trinajstić information content (AvgIpc) is 2.60. The number of nitrogens with zero attached hydrogens (tertiary/aromatic N) is 1. The second kappa shape index (κ2) is 5.74. The van der Waals surface area contributed by atoms with Crippen molar-refractivity contribution in [2.75, 3.05) is 0 Å². The van der Waals surface area contributed by atoms with E-state index in [1.165, 1.54) is 12.1 Å². The van der Waals surface area contributed by atoms with E-state index in [-0.39, 0.29) is 11.4 Å². The largest absolute Gasteiger partial charge is 0.306 e. The number of hydrogen-bond acceptors (Lipinski definition) is 2. The number of halogens is 1. The van der Waals surface area contributed by atoms with E-state index in [0.29, 0.717) is 16.7 Å². The number of benzene rings is 3. The van der Waals surface area contributed by atoms with E-state index in [1.807, 2.05) is 36.4 Å². The van der Waals surface area contributed by atoms with Crippen LogP contribution in [0.15, 0.2) is 65.5 Å². The zero-order valence-electron chi connectivity index (χ0n) is 12.7. The molecule has 3 nitrogen and oxygen atoms in total. The normalized spacial score (nSPS) is 11.5. The van der Waals surface area contributed by atoms with Gasteiger partial charge in [0, 0.05) is 0 Å². The Kier molecular flexibility index (Phi) is 3.43. The molecule has 0 unspecified atom stereocenters. The minimum absolute atomic E-state index is 0.176. The molecule has 0 aliphatic carbocycles. The molecule has 4 aromatic rings. The molecule has 0 bridgehead atoms. The highest BCUT2D eigenvalue weighted by molar-refractivity contribution is 5.96. The lowest BCUT2D eigenvalue weighted by Gasteiger charge is -2.02. The second-order valence-electron chi connectivity index (χ2n) is 5.55. The Morgan fingerprint density at radius 2 is 1.62 bits per heavy atom. The number of rotatable bonds is 2. The van der Waals surface area contributed by atoms with Crippen LogP contribution in [0.3, 0.4) is 0 Å². The predicted octanol–water partition coefficient (Wildman–Crippen LogP) is 4.39. The fourth-order valence-corrected chi connectivity index (χ4v) is 2.67. The van der Waals surface area contributed by atoms with Gasteiger partial charge < -0.3 is 4.98 Å². The van der Waals surface area contributed by atoms with Gasteiger partial charge in [-0.1, -0.05) is 42.5 Å². The summed E-state index contributed by atoms with van der Waals surface area (Å²) in [6.45, 7) is 0. The molecule has 0 spiro atoms. The molecule has 4 heteroatoms. The van der Waals surface area contributed by atoms with Crippen molar-refractivity contribution in [3.8, 4) is 0 Å². The van der Waals surface area contributed by atoms with E-state index >= 15 is 0 Å². The third kappa shape index (κ3) is 2.70. The summed E-state index contributed by atoms with van der Waals surface area (Å²) in [6.07, 6.45) is 3.49. The van der Waals surface area contributed by atoms with Crippen LogP contribution in [0.1, 0.15) is 11.4 Å². The van der Waals surface area contributed by atoms with E-state index in [9.17, 15) is 9.18 Å². The number of aromatic nitrogens is 2. The predicted molar refractivity (Wildman–Crippen MR) is 95.2 cm³/mol. The average molecular weight is 316 g/mol. The second-order valence-corrected chi connectivity index (χ2v) is 5.55. The Balaban J connectivity index is 1.80. The van der Waals surface area contributed by atoms with Gasteiger partial charge in [-0.05, 0) is 46.7 Å². The summed E-state index contributed by atoms with van der Waals surface area (Å²) in [6, 6.07) is 17.7. The van der Waals surface area contributed by atoms with Crippen molar-refractivity contribution in [1.29, 1.82) is 0 Å². The van der Waals surface area contributed by atoms with Crippen LogP contribution in [-0.2, 0) is 0 Å². The fourth-order valence-electron chi connectivity index (χ4n) is 2.67. The third-order valence-electron chi connectivity index (χ3n) is 3.89. The Morgan fingerprint density at radius 1 is 0.917 bits per heavy atom. The molecular formula is C20H13FN2O. The summed E-state index contributed by atoms with van der Waals surface area (Å²) < 4.78 is 12.9. The van der Waals surface area contributed by atoms with Gasteiger partial charge in [0.2, 0.25) is 0 Å². The Bertz CT molecular complexity index is 1130. The van der Waals surface area contributed by atoms with Gasteiger partial charge in [-0.2, -0.15) is 0 Å². The molecule has 0 aliphatic heterocycles. The summed E-state index contributed by atoms with van der Waals surface area (Å²) in [5.41, 5.74) is 1.30. The summed E-state index contributed by atoms with van der Waals surface area (Å²) in [5.74, 6) is 0.184. The van der Waals surface area contributed by atoms with E-state index in [1.54, 1.807) is 24.3 Å². The Morgan fingerprint density at radius 3 is 2.38 bits per heavy atom. The van der Waals surface area contributed by atoms with E-state index < -0.39 is 0 Å². The third-order valence-corrected chi connectivity index (χ3v) is 3.89. The summed E-state index contributed by atoms with van der Waals surface area (Å²) >= 11 is 0. The maximum absolute atomic E-state index is 12.9. The first kappa shape index (κ1) is 14.3. The summed E-state index contributed by atoms with van der Waals surface area (Å²) in [4.78, 5) is 19.6. The minimum Gasteiger partial charge on any atom is -0.306 e. The topological polar surface area (TPSA) is 45.8 Å². The highest BCUT2D eigenvalue weighted by Gasteiger charge is 2.04. The highest BCUT2D eigenvalue weighted by Crippen LogP contribution is 2.19. The molecule has 3 aromatic carbocycles. The first-order chi connectivity index (χ1) is 11.7. The van der Waals surface area contributed by atoms with Crippen molar-refractivity contribution in [1.82, 2.24) is 9.97 Å². The molecule has 1 heterocycles. The van der Waals surface area contributed by atoms with Gasteiger partial charge in [-0.3, -0.25) is 4.79 Å². The summed E-state index contributed by atoms with van der Waals surface area (Å²) in [5, 5.41) is 2.61. The maximum atomic E-state index is 12.9. The van der Waals surface area contributed by atoms with Crippen LogP contribution in [0.25, 0.3) is 33.8 Å². The molecule has 1 aromatic heterocycles. The summed E-state index contributed by atoms with van der Waals surface area (Å²) in [7, 11) is 0. The van der Waals surface area contributed by atoms with Crippen molar-refractivity contribution >= 4 is 33.8 Å². The van der Waals surface area contributed by atoms with Gasteiger partial charge in [-0.25, -0.2) is 9.37 Å². The molecule has 0 aliphatic rings. The van der Waals surface area contributed by atoms with Gasteiger partial charge in [0.15, 0.2) is 0 Å². The van der Waals surface area contributed by atoms with Crippen LogP contribution >= 0.6 is 0 Å². The van der Waals surface area contributed by atoms with Gasteiger partial charge in [-0.15, -0.1) is 0 Å². The Hall–Kier alpha value is -3.27. The van der Waals surface area contributed by atoms with Crippen LogP contribution in [-0.4, -0.2) is 9.97 Å². The van der Waals surface area contributed by atoms with Gasteiger partial charge >= 0.3 is 0 Å². The van der Waals surface area contributed by atoms with Gasteiger partial charge in [0.1, 0.15) is 11.6 Å². The molecule has 0 radical (unpaired) electrons. The van der Waals surface area contributed by atoms with Crippen molar-refractivity contribution in [2.45, 2.75) is 0 Å². The molecule has 24 heavy (non-hydrogen) atoms. The maximum Gasteiger partial charge on any atom is 0.259 e. The lowest BCUT2D eigenvalue weighted by Crippen LogP contribution is -2.09. The van der Waals surface area contributed by atoms with Crippen molar-refractivity contribution in [2.24, 2.45) is 0 Å². The van der Waals surface area contributed by atoms with Crippen LogP contribution < -0.4 is 5.56 Å². The van der Waals surface area contributed by atoms with E-state index in [2.05, 4.69) is 9.97 Å². The molecule has 0 amide bonds. The lowest BCUT2D eigenvalue weighted by atomic mass is 10.1. The molecule has 0 atom stereocenters. The number of fused-ring (bicyclic) bond motifs is 2. The van der Waals surface area contributed by atoms with Crippen molar-refractivity contribution in [3.63, 3.8) is 0 Å². The zero-order valence-corrected chi connectivity index (χ0v) is 12.7. The van der Waals surface area contributed by atoms with Crippen LogP contribution in [0.5, 0.6) is 0 Å². The number of nitrogens with one attached hydrogen (secondary N) is 1.